The van der Waals surface area contributed by atoms with Crippen LogP contribution in [0.25, 0.3) is 0 Å². The number of guanidine groups is 1. The van der Waals surface area contributed by atoms with Crippen molar-refractivity contribution in [2.24, 2.45) is 4.99 Å². The Morgan fingerprint density at radius 3 is 2.76 bits per heavy atom. The first kappa shape index (κ1) is 20.2. The Morgan fingerprint density at radius 1 is 1.43 bits per heavy atom. The molecule has 0 aliphatic carbocycles. The number of hydrogen-bond acceptors (Lipinski definition) is 4. The second-order valence-corrected chi connectivity index (χ2v) is 4.78. The van der Waals surface area contributed by atoms with E-state index in [9.17, 15) is 0 Å². The van der Waals surface area contributed by atoms with Gasteiger partial charge in [-0.2, -0.15) is 0 Å². The Labute approximate surface area is 144 Å². The van der Waals surface area contributed by atoms with Crippen LogP contribution < -0.4 is 10.6 Å². The van der Waals surface area contributed by atoms with Crippen molar-refractivity contribution in [3.63, 3.8) is 0 Å². The third-order valence-corrected chi connectivity index (χ3v) is 2.78. The van der Waals surface area contributed by atoms with Crippen LogP contribution >= 0.6 is 24.0 Å². The van der Waals surface area contributed by atoms with Crippen molar-refractivity contribution in [3.05, 3.63) is 17.5 Å². The predicted octanol–water partition coefficient (Wildman–Crippen LogP) is 2.51. The smallest absolute Gasteiger partial charge is 0.191 e. The molecule has 0 aliphatic heterocycles. The molecule has 0 spiro atoms. The predicted molar refractivity (Wildman–Crippen MR) is 95.3 cm³/mol. The molecule has 122 valence electrons. The van der Waals surface area contributed by atoms with Gasteiger partial charge >= 0.3 is 0 Å². The van der Waals surface area contributed by atoms with Crippen LogP contribution in [0.5, 0.6) is 0 Å². The number of nitrogens with one attached hydrogen (secondary N) is 2. The summed E-state index contributed by atoms with van der Waals surface area (Å²) >= 11 is 0. The van der Waals surface area contributed by atoms with Crippen LogP contribution in [0.4, 0.5) is 0 Å². The van der Waals surface area contributed by atoms with Crippen molar-refractivity contribution in [2.75, 3.05) is 26.8 Å². The van der Waals surface area contributed by atoms with E-state index < -0.39 is 0 Å². The van der Waals surface area contributed by atoms with Crippen LogP contribution in [0, 0.1) is 0 Å². The first-order valence-corrected chi connectivity index (χ1v) is 7.15. The second-order valence-electron chi connectivity index (χ2n) is 4.78. The lowest BCUT2D eigenvalue weighted by Gasteiger charge is -2.10. The molecule has 0 saturated heterocycles. The Morgan fingerprint density at radius 2 is 2.19 bits per heavy atom. The molecule has 21 heavy (non-hydrogen) atoms. The fraction of sp³-hybridized carbons (Fsp3) is 0.714. The molecule has 1 rings (SSSR count). The molecule has 0 aromatic carbocycles. The van der Waals surface area contributed by atoms with E-state index in [1.54, 1.807) is 7.05 Å². The quantitative estimate of drug-likeness (QED) is 0.298. The Bertz CT molecular complexity index is 407. The number of aromatic nitrogens is 1. The molecular weight excluding hydrogens is 383 g/mol. The lowest BCUT2D eigenvalue weighted by molar-refractivity contribution is 0.145. The lowest BCUT2D eigenvalue weighted by atomic mass is 10.1. The summed E-state index contributed by atoms with van der Waals surface area (Å²) in [5.74, 6) is 1.94. The van der Waals surface area contributed by atoms with E-state index in [0.29, 0.717) is 12.5 Å². The van der Waals surface area contributed by atoms with E-state index in [1.165, 1.54) is 0 Å². The highest BCUT2D eigenvalue weighted by atomic mass is 127. The third-order valence-electron chi connectivity index (χ3n) is 2.78. The van der Waals surface area contributed by atoms with E-state index in [2.05, 4.69) is 34.6 Å². The van der Waals surface area contributed by atoms with Crippen LogP contribution in [0.3, 0.4) is 0 Å². The summed E-state index contributed by atoms with van der Waals surface area (Å²) in [6.45, 7) is 9.10. The molecule has 0 fully saturated rings. The average molecular weight is 410 g/mol. The maximum absolute atomic E-state index is 5.28. The van der Waals surface area contributed by atoms with Crippen molar-refractivity contribution >= 4 is 29.9 Å². The lowest BCUT2D eigenvalue weighted by Crippen LogP contribution is -2.37. The molecule has 0 unspecified atom stereocenters. The highest BCUT2D eigenvalue weighted by molar-refractivity contribution is 14.0. The molecule has 0 radical (unpaired) electrons. The SMILES string of the molecule is CCOCCCNC(=NC)NCc1cc(C(C)C)no1.I. The van der Waals surface area contributed by atoms with Crippen molar-refractivity contribution in [2.45, 2.75) is 39.7 Å². The number of halogens is 1. The van der Waals surface area contributed by atoms with Crippen LogP contribution in [0.15, 0.2) is 15.6 Å². The fourth-order valence-corrected chi connectivity index (χ4v) is 1.60. The number of aliphatic imine (C=N–C) groups is 1. The van der Waals surface area contributed by atoms with E-state index in [-0.39, 0.29) is 24.0 Å². The minimum absolute atomic E-state index is 0. The van der Waals surface area contributed by atoms with Gasteiger partial charge in [0.05, 0.1) is 12.2 Å². The Kier molecular flexibility index (Phi) is 11.3. The fourth-order valence-electron chi connectivity index (χ4n) is 1.60. The van der Waals surface area contributed by atoms with E-state index >= 15 is 0 Å². The largest absolute Gasteiger partial charge is 0.382 e. The maximum atomic E-state index is 5.28. The first-order valence-electron chi connectivity index (χ1n) is 7.15. The average Bonchev–Trinajstić information content (AvgIpc) is 2.91. The number of hydrogen-bond donors (Lipinski definition) is 2. The molecule has 0 bridgehead atoms. The molecule has 0 amide bonds. The van der Waals surface area contributed by atoms with Gasteiger partial charge in [0.15, 0.2) is 11.7 Å². The molecule has 7 heteroatoms. The zero-order valence-corrected chi connectivity index (χ0v) is 15.6. The molecule has 0 atom stereocenters. The molecule has 1 aromatic heterocycles. The third kappa shape index (κ3) is 8.25. The normalized spacial score (nSPS) is 11.4. The second kappa shape index (κ2) is 11.8. The molecule has 1 heterocycles. The van der Waals surface area contributed by atoms with E-state index in [1.807, 2.05) is 13.0 Å². The highest BCUT2D eigenvalue weighted by Gasteiger charge is 2.07. The highest BCUT2D eigenvalue weighted by Crippen LogP contribution is 2.13. The van der Waals surface area contributed by atoms with Gasteiger partial charge in [-0.25, -0.2) is 0 Å². The van der Waals surface area contributed by atoms with Gasteiger partial charge in [-0.15, -0.1) is 24.0 Å². The van der Waals surface area contributed by atoms with Crippen LogP contribution in [-0.4, -0.2) is 37.9 Å². The summed E-state index contributed by atoms with van der Waals surface area (Å²) in [6, 6.07) is 1.97. The van der Waals surface area contributed by atoms with Crippen molar-refractivity contribution in [1.82, 2.24) is 15.8 Å². The van der Waals surface area contributed by atoms with Crippen LogP contribution in [0.2, 0.25) is 0 Å². The minimum Gasteiger partial charge on any atom is -0.382 e. The number of ether oxygens (including phenoxy) is 1. The van der Waals surface area contributed by atoms with Crippen molar-refractivity contribution < 1.29 is 9.26 Å². The molecule has 6 nitrogen and oxygen atoms in total. The van der Waals surface area contributed by atoms with Crippen molar-refractivity contribution in [3.8, 4) is 0 Å². The molecule has 0 saturated carbocycles. The summed E-state index contributed by atoms with van der Waals surface area (Å²) in [5.41, 5.74) is 0.974. The molecule has 1 aromatic rings. The zero-order chi connectivity index (χ0) is 14.8. The van der Waals surface area contributed by atoms with Gasteiger partial charge in [0.2, 0.25) is 0 Å². The monoisotopic (exact) mass is 410 g/mol. The van der Waals surface area contributed by atoms with Gasteiger partial charge in [-0.05, 0) is 19.3 Å². The molecular formula is C14H27IN4O2. The first-order chi connectivity index (χ1) is 9.67. The van der Waals surface area contributed by atoms with Crippen molar-refractivity contribution in [1.29, 1.82) is 0 Å². The summed E-state index contributed by atoms with van der Waals surface area (Å²) in [7, 11) is 1.75. The Balaban J connectivity index is 0.00000400. The van der Waals surface area contributed by atoms with Gasteiger partial charge in [-0.3, -0.25) is 4.99 Å². The summed E-state index contributed by atoms with van der Waals surface area (Å²) in [5, 5.41) is 10.4. The standard InChI is InChI=1S/C14H26N4O2.HI/c1-5-19-8-6-7-16-14(15-4)17-10-12-9-13(11(2)3)18-20-12;/h9,11H,5-8,10H2,1-4H3,(H2,15,16,17);1H. The topological polar surface area (TPSA) is 71.7 Å². The Hall–Kier alpha value is -0.830. The summed E-state index contributed by atoms with van der Waals surface area (Å²) in [4.78, 5) is 4.15. The number of nitrogens with zero attached hydrogens (tertiary/aromatic N) is 2. The van der Waals surface area contributed by atoms with Crippen LogP contribution in [-0.2, 0) is 11.3 Å². The molecule has 0 aliphatic rings. The maximum Gasteiger partial charge on any atom is 0.191 e. The van der Waals surface area contributed by atoms with Gasteiger partial charge in [0.1, 0.15) is 0 Å². The minimum atomic E-state index is 0. The van der Waals surface area contributed by atoms with Gasteiger partial charge in [0, 0.05) is 32.9 Å². The number of rotatable bonds is 8. The van der Waals surface area contributed by atoms with E-state index in [0.717, 1.165) is 43.6 Å². The van der Waals surface area contributed by atoms with Gasteiger partial charge < -0.3 is 19.9 Å². The zero-order valence-electron chi connectivity index (χ0n) is 13.3. The molecule has 2 N–H and O–H groups in total. The van der Waals surface area contributed by atoms with Gasteiger partial charge in [-0.1, -0.05) is 19.0 Å². The van der Waals surface area contributed by atoms with E-state index in [4.69, 9.17) is 9.26 Å². The summed E-state index contributed by atoms with van der Waals surface area (Å²) in [6.07, 6.45) is 0.953. The van der Waals surface area contributed by atoms with Crippen LogP contribution in [0.1, 0.15) is 44.6 Å². The van der Waals surface area contributed by atoms with Gasteiger partial charge in [0.25, 0.3) is 0 Å². The summed E-state index contributed by atoms with van der Waals surface area (Å²) < 4.78 is 10.5.